The molecule has 3 aromatic carbocycles. The fourth-order valence-corrected chi connectivity index (χ4v) is 4.77. The Balaban J connectivity index is 1.34. The van der Waals surface area contributed by atoms with Crippen molar-refractivity contribution in [3.05, 3.63) is 97.3 Å². The minimum atomic E-state index is -0.399. The number of imide groups is 1. The van der Waals surface area contributed by atoms with Gasteiger partial charge in [-0.15, -0.1) is 0 Å². The van der Waals surface area contributed by atoms with Crippen LogP contribution in [-0.4, -0.2) is 28.6 Å². The van der Waals surface area contributed by atoms with E-state index in [0.29, 0.717) is 42.5 Å². The molecule has 0 bridgehead atoms. The lowest BCUT2D eigenvalue weighted by molar-refractivity contribution is -0.123. The van der Waals surface area contributed by atoms with Crippen LogP contribution >= 0.6 is 46.6 Å². The van der Waals surface area contributed by atoms with Crippen molar-refractivity contribution in [2.24, 2.45) is 0 Å². The van der Waals surface area contributed by atoms with Gasteiger partial charge in [0, 0.05) is 20.8 Å². The van der Waals surface area contributed by atoms with E-state index in [1.807, 2.05) is 13.0 Å². The average molecular weight is 562 g/mol. The fraction of sp³-hybridized carbons (Fsp3) is 0.115. The summed E-state index contributed by atoms with van der Waals surface area (Å²) in [4.78, 5) is 38.8. The standard InChI is InChI=1S/C26H19Cl3N2O4S/c1-15-2-7-19(12-21(15)28)30-24(32)14-35-20-8-3-16(4-9-20)10-23-25(33)31(26(34)36-23)13-17-5-6-18(27)11-22(17)29/h2-12H,13-14H2,1H3,(H,30,32)/b23-10-. The van der Waals surface area contributed by atoms with Gasteiger partial charge >= 0.3 is 0 Å². The van der Waals surface area contributed by atoms with E-state index in [-0.39, 0.29) is 24.3 Å². The monoisotopic (exact) mass is 560 g/mol. The molecule has 184 valence electrons. The molecule has 1 aliphatic rings. The highest BCUT2D eigenvalue weighted by Gasteiger charge is 2.35. The SMILES string of the molecule is Cc1ccc(NC(=O)COc2ccc(/C=C3\SC(=O)N(Cc4ccc(Cl)cc4Cl)C3=O)cc2)cc1Cl. The molecule has 0 aliphatic carbocycles. The Morgan fingerprint density at radius 3 is 2.44 bits per heavy atom. The van der Waals surface area contributed by atoms with Gasteiger partial charge in [0.1, 0.15) is 5.75 Å². The molecule has 3 amide bonds. The smallest absolute Gasteiger partial charge is 0.293 e. The molecule has 36 heavy (non-hydrogen) atoms. The molecule has 1 saturated heterocycles. The maximum atomic E-state index is 12.8. The minimum absolute atomic E-state index is 0.0572. The van der Waals surface area contributed by atoms with E-state index in [1.165, 1.54) is 0 Å². The first kappa shape index (κ1) is 26.1. The van der Waals surface area contributed by atoms with E-state index in [4.69, 9.17) is 39.5 Å². The van der Waals surface area contributed by atoms with Crippen LogP contribution in [0.15, 0.2) is 65.6 Å². The number of thioether (sulfide) groups is 1. The first-order valence-corrected chi connectivity index (χ1v) is 12.6. The number of nitrogens with zero attached hydrogens (tertiary/aromatic N) is 1. The number of carbonyl (C=O) groups excluding carboxylic acids is 3. The number of benzene rings is 3. The zero-order valence-electron chi connectivity index (χ0n) is 18.9. The second-order valence-electron chi connectivity index (χ2n) is 7.87. The van der Waals surface area contributed by atoms with Crippen molar-refractivity contribution in [3.8, 4) is 5.75 Å². The van der Waals surface area contributed by atoms with Gasteiger partial charge in [0.25, 0.3) is 17.1 Å². The highest BCUT2D eigenvalue weighted by Crippen LogP contribution is 2.34. The third-order valence-corrected chi connectivity index (χ3v) is 7.12. The second kappa shape index (κ2) is 11.4. The Labute approximate surface area is 227 Å². The summed E-state index contributed by atoms with van der Waals surface area (Å²) in [5, 5.41) is 3.78. The second-order valence-corrected chi connectivity index (χ2v) is 10.1. The molecule has 0 spiro atoms. The summed E-state index contributed by atoms with van der Waals surface area (Å²) in [7, 11) is 0. The van der Waals surface area contributed by atoms with Crippen molar-refractivity contribution in [3.63, 3.8) is 0 Å². The molecule has 1 heterocycles. The third-order valence-electron chi connectivity index (χ3n) is 5.22. The largest absolute Gasteiger partial charge is 0.484 e. The van der Waals surface area contributed by atoms with Gasteiger partial charge in [-0.3, -0.25) is 19.3 Å². The topological polar surface area (TPSA) is 75.7 Å². The molecule has 3 aromatic rings. The Kier molecular flexibility index (Phi) is 8.26. The lowest BCUT2D eigenvalue weighted by Crippen LogP contribution is -2.27. The van der Waals surface area contributed by atoms with E-state index >= 15 is 0 Å². The van der Waals surface area contributed by atoms with Gasteiger partial charge in [-0.1, -0.05) is 59.1 Å². The molecule has 1 N–H and O–H groups in total. The van der Waals surface area contributed by atoms with E-state index in [0.717, 1.165) is 22.2 Å². The molecule has 0 aromatic heterocycles. The first-order valence-electron chi connectivity index (χ1n) is 10.7. The number of halogens is 3. The molecular formula is C26H19Cl3N2O4S. The Hall–Kier alpha value is -2.97. The van der Waals surface area contributed by atoms with Crippen LogP contribution in [0.3, 0.4) is 0 Å². The van der Waals surface area contributed by atoms with E-state index in [1.54, 1.807) is 60.7 Å². The summed E-state index contributed by atoms with van der Waals surface area (Å²) < 4.78 is 5.54. The molecule has 0 saturated carbocycles. The number of hydrogen-bond donors (Lipinski definition) is 1. The van der Waals surface area contributed by atoms with Gasteiger partial charge in [0.2, 0.25) is 0 Å². The summed E-state index contributed by atoms with van der Waals surface area (Å²) in [5.41, 5.74) is 2.83. The molecule has 10 heteroatoms. The summed E-state index contributed by atoms with van der Waals surface area (Å²) >= 11 is 19.0. The lowest BCUT2D eigenvalue weighted by Gasteiger charge is -2.13. The summed E-state index contributed by atoms with van der Waals surface area (Å²) in [6.45, 7) is 1.75. The maximum absolute atomic E-state index is 12.8. The van der Waals surface area contributed by atoms with Crippen LogP contribution in [0.2, 0.25) is 15.1 Å². The molecule has 0 atom stereocenters. The van der Waals surface area contributed by atoms with Crippen LogP contribution in [0.4, 0.5) is 10.5 Å². The number of anilines is 1. The van der Waals surface area contributed by atoms with Gasteiger partial charge in [-0.2, -0.15) is 0 Å². The number of amides is 3. The highest BCUT2D eigenvalue weighted by molar-refractivity contribution is 8.18. The van der Waals surface area contributed by atoms with E-state index in [9.17, 15) is 14.4 Å². The van der Waals surface area contributed by atoms with Gasteiger partial charge in [0.15, 0.2) is 6.61 Å². The van der Waals surface area contributed by atoms with Gasteiger partial charge < -0.3 is 10.1 Å². The fourth-order valence-electron chi connectivity index (χ4n) is 3.28. The molecule has 1 fully saturated rings. The van der Waals surface area contributed by atoms with Gasteiger partial charge in [0.05, 0.1) is 11.4 Å². The van der Waals surface area contributed by atoms with Crippen LogP contribution in [0.1, 0.15) is 16.7 Å². The van der Waals surface area contributed by atoms with Crippen LogP contribution in [0, 0.1) is 6.92 Å². The zero-order chi connectivity index (χ0) is 25.8. The zero-order valence-corrected chi connectivity index (χ0v) is 22.0. The van der Waals surface area contributed by atoms with Crippen molar-refractivity contribution in [1.82, 2.24) is 4.90 Å². The molecule has 6 nitrogen and oxygen atoms in total. The van der Waals surface area contributed by atoms with Crippen LogP contribution < -0.4 is 10.1 Å². The predicted molar refractivity (Wildman–Crippen MR) is 145 cm³/mol. The van der Waals surface area contributed by atoms with Gasteiger partial charge in [-0.05, 0) is 77.9 Å². The average Bonchev–Trinajstić information content (AvgIpc) is 3.10. The number of ether oxygens (including phenoxy) is 1. The maximum Gasteiger partial charge on any atom is 0.293 e. The molecular weight excluding hydrogens is 543 g/mol. The minimum Gasteiger partial charge on any atom is -0.484 e. The van der Waals surface area contributed by atoms with E-state index < -0.39 is 5.91 Å². The third kappa shape index (κ3) is 6.42. The quantitative estimate of drug-likeness (QED) is 0.309. The van der Waals surface area contributed by atoms with E-state index in [2.05, 4.69) is 5.32 Å². The molecule has 1 aliphatic heterocycles. The van der Waals surface area contributed by atoms with Crippen LogP contribution in [0.5, 0.6) is 5.75 Å². The normalized spacial score (nSPS) is 14.4. The summed E-state index contributed by atoms with van der Waals surface area (Å²) in [6, 6.07) is 17.0. The van der Waals surface area contributed by atoms with Crippen molar-refractivity contribution in [1.29, 1.82) is 0 Å². The Bertz CT molecular complexity index is 1380. The van der Waals surface area contributed by atoms with Crippen molar-refractivity contribution in [2.75, 3.05) is 11.9 Å². The van der Waals surface area contributed by atoms with Crippen LogP contribution in [-0.2, 0) is 16.1 Å². The Morgan fingerprint density at radius 2 is 1.75 bits per heavy atom. The summed E-state index contributed by atoms with van der Waals surface area (Å²) in [5.74, 6) is -0.243. The summed E-state index contributed by atoms with van der Waals surface area (Å²) in [6.07, 6.45) is 1.63. The van der Waals surface area contributed by atoms with Crippen molar-refractivity contribution in [2.45, 2.75) is 13.5 Å². The first-order chi connectivity index (χ1) is 17.2. The highest BCUT2D eigenvalue weighted by atomic mass is 35.5. The number of rotatable bonds is 7. The molecule has 0 radical (unpaired) electrons. The molecule has 4 rings (SSSR count). The van der Waals surface area contributed by atoms with Crippen molar-refractivity contribution < 1.29 is 19.1 Å². The predicted octanol–water partition coefficient (Wildman–Crippen LogP) is 7.21. The molecule has 0 unspecified atom stereocenters. The van der Waals surface area contributed by atoms with Gasteiger partial charge in [-0.25, -0.2) is 0 Å². The Morgan fingerprint density at radius 1 is 1.00 bits per heavy atom. The number of nitrogens with one attached hydrogen (secondary N) is 1. The number of aryl methyl sites for hydroxylation is 1. The number of carbonyl (C=O) groups is 3. The lowest BCUT2D eigenvalue weighted by atomic mass is 10.2. The van der Waals surface area contributed by atoms with Crippen molar-refractivity contribution >= 4 is 75.4 Å². The number of hydrogen-bond acceptors (Lipinski definition) is 5. The van der Waals surface area contributed by atoms with Crippen LogP contribution in [0.25, 0.3) is 6.08 Å².